The molecule has 1 rings (SSSR count). The van der Waals surface area contributed by atoms with Gasteiger partial charge < -0.3 is 9.84 Å². The molecule has 1 aromatic rings. The molecule has 14 heavy (non-hydrogen) atoms. The van der Waals surface area contributed by atoms with Crippen molar-refractivity contribution in [3.05, 3.63) is 35.9 Å². The topological polar surface area (TPSA) is 46.5 Å². The molecular formula is C11H14O3. The summed E-state index contributed by atoms with van der Waals surface area (Å²) in [6.07, 6.45) is -1.46. The molecule has 0 aliphatic heterocycles. The van der Waals surface area contributed by atoms with E-state index in [1.54, 1.807) is 30.3 Å². The maximum absolute atomic E-state index is 11.6. The highest BCUT2D eigenvalue weighted by Crippen LogP contribution is 2.21. The van der Waals surface area contributed by atoms with Crippen LogP contribution in [0.1, 0.15) is 24.1 Å². The van der Waals surface area contributed by atoms with Crippen molar-refractivity contribution in [2.75, 3.05) is 7.04 Å². The van der Waals surface area contributed by atoms with E-state index >= 15 is 0 Å². The third-order valence-electron chi connectivity index (χ3n) is 1.94. The van der Waals surface area contributed by atoms with Gasteiger partial charge in [0.15, 0.2) is 0 Å². The van der Waals surface area contributed by atoms with E-state index in [0.29, 0.717) is 5.56 Å². The third kappa shape index (κ3) is 2.33. The molecule has 0 bridgehead atoms. The molecule has 2 atom stereocenters. The molecule has 0 spiro atoms. The van der Waals surface area contributed by atoms with Crippen LogP contribution < -0.4 is 0 Å². The van der Waals surface area contributed by atoms with E-state index in [9.17, 15) is 9.90 Å². The Bertz CT molecular complexity index is 414. The lowest BCUT2D eigenvalue weighted by atomic mass is 9.98. The Morgan fingerprint density at radius 1 is 1.57 bits per heavy atom. The summed E-state index contributed by atoms with van der Waals surface area (Å²) in [5, 5.41) is 9.94. The van der Waals surface area contributed by atoms with Crippen LogP contribution in [0, 0.1) is 5.89 Å². The summed E-state index contributed by atoms with van der Waals surface area (Å²) in [6, 6.07) is 8.09. The number of ether oxygens (including phenoxy) is 1. The van der Waals surface area contributed by atoms with Crippen LogP contribution in [0.5, 0.6) is 0 Å². The summed E-state index contributed by atoms with van der Waals surface area (Å²) in [5.41, 5.74) is 0.345. The summed E-state index contributed by atoms with van der Waals surface area (Å²) < 4.78 is 32.4. The molecule has 0 radical (unpaired) electrons. The number of esters is 1. The molecule has 0 aliphatic carbocycles. The van der Waals surface area contributed by atoms with Crippen LogP contribution >= 0.6 is 0 Å². The third-order valence-corrected chi connectivity index (χ3v) is 1.94. The lowest BCUT2D eigenvalue weighted by molar-refractivity contribution is -0.148. The van der Waals surface area contributed by atoms with E-state index in [0.717, 1.165) is 6.92 Å². The largest absolute Gasteiger partial charge is 0.469 e. The maximum Gasteiger partial charge on any atom is 0.311 e. The highest BCUT2D eigenvalue weighted by atomic mass is 16.5. The monoisotopic (exact) mass is 198 g/mol. The number of carbonyl (C=O) groups is 1. The van der Waals surface area contributed by atoms with E-state index in [4.69, 9.17) is 5.48 Å². The molecule has 0 heterocycles. The Balaban J connectivity index is 2.89. The molecular weight excluding hydrogens is 180 g/mol. The summed E-state index contributed by atoms with van der Waals surface area (Å²) in [4.78, 5) is 11.6. The van der Waals surface area contributed by atoms with Crippen molar-refractivity contribution in [2.24, 2.45) is 5.89 Å². The molecule has 0 amide bonds. The molecule has 0 aromatic heterocycles. The minimum absolute atomic E-state index is 0.345. The Morgan fingerprint density at radius 2 is 2.21 bits per heavy atom. The molecule has 1 N–H and O–H groups in total. The first kappa shape index (κ1) is 6.19. The highest BCUT2D eigenvalue weighted by molar-refractivity contribution is 5.72. The number of aliphatic hydroxyl groups is 1. The second-order valence-corrected chi connectivity index (χ2v) is 2.89. The van der Waals surface area contributed by atoms with E-state index in [2.05, 4.69) is 4.74 Å². The van der Waals surface area contributed by atoms with Gasteiger partial charge in [-0.25, -0.2) is 0 Å². The molecule has 3 nitrogen and oxygen atoms in total. The Labute approximate surface area is 88.9 Å². The number of aliphatic hydroxyl groups excluding tert-OH is 1. The van der Waals surface area contributed by atoms with Crippen molar-refractivity contribution in [1.82, 2.24) is 0 Å². The van der Waals surface area contributed by atoms with Crippen LogP contribution in [0.2, 0.25) is 0 Å². The zero-order valence-corrected chi connectivity index (χ0v) is 7.73. The fourth-order valence-corrected chi connectivity index (χ4v) is 1.08. The minimum Gasteiger partial charge on any atom is -0.469 e. The molecule has 76 valence electrons. The Hall–Kier alpha value is -1.35. The Morgan fingerprint density at radius 3 is 2.79 bits per heavy atom. The van der Waals surface area contributed by atoms with Gasteiger partial charge in [0.1, 0.15) is 0 Å². The number of methoxy groups -OCH3 is 1. The van der Waals surface area contributed by atoms with Gasteiger partial charge >= 0.3 is 5.97 Å². The van der Waals surface area contributed by atoms with Crippen molar-refractivity contribution < 1.29 is 20.1 Å². The number of carbonyl (C=O) groups excluding carboxylic acids is 1. The van der Waals surface area contributed by atoms with Gasteiger partial charge in [0, 0.05) is 1.37 Å². The maximum atomic E-state index is 11.6. The van der Waals surface area contributed by atoms with E-state index in [1.165, 1.54) is 0 Å². The SMILES string of the molecule is [2H]C([2H])([2H])OC(=O)[C@]([2H])(C)[C@H](O)c1ccccc1. The second-order valence-electron chi connectivity index (χ2n) is 2.89. The van der Waals surface area contributed by atoms with Crippen LogP contribution in [0.25, 0.3) is 0 Å². The summed E-state index contributed by atoms with van der Waals surface area (Å²) >= 11 is 0. The van der Waals surface area contributed by atoms with Crippen LogP contribution in [0.15, 0.2) is 30.3 Å². The quantitative estimate of drug-likeness (QED) is 0.749. The standard InChI is InChI=1S/C11H14O3/c1-8(11(13)14-2)10(12)9-6-4-3-5-7-9/h3-8,10,12H,1-2H3/t8-,10+/m1/s1/i2D3,8D. The van der Waals surface area contributed by atoms with Crippen LogP contribution in [0.3, 0.4) is 0 Å². The predicted octanol–water partition coefficient (Wildman–Crippen LogP) is 1.53. The first-order chi connectivity index (χ1) is 8.14. The van der Waals surface area contributed by atoms with Crippen molar-refractivity contribution in [3.8, 4) is 0 Å². The van der Waals surface area contributed by atoms with E-state index < -0.39 is 25.0 Å². The van der Waals surface area contributed by atoms with Gasteiger partial charge in [-0.05, 0) is 12.5 Å². The average molecular weight is 198 g/mol. The van der Waals surface area contributed by atoms with Gasteiger partial charge in [-0.3, -0.25) is 4.79 Å². The average Bonchev–Trinajstić information content (AvgIpc) is 2.27. The summed E-state index contributed by atoms with van der Waals surface area (Å²) in [5.74, 6) is -3.38. The van der Waals surface area contributed by atoms with Crippen molar-refractivity contribution >= 4 is 5.97 Å². The zero-order chi connectivity index (χ0) is 14.0. The number of benzene rings is 1. The van der Waals surface area contributed by atoms with Gasteiger partial charge in [0.05, 0.1) is 23.1 Å². The van der Waals surface area contributed by atoms with Crippen LogP contribution in [-0.2, 0) is 9.53 Å². The van der Waals surface area contributed by atoms with E-state index in [1.807, 2.05) is 0 Å². The molecule has 1 aromatic carbocycles. The fourth-order valence-electron chi connectivity index (χ4n) is 1.08. The normalized spacial score (nSPS) is 21.9. The van der Waals surface area contributed by atoms with E-state index in [-0.39, 0.29) is 0 Å². The lowest BCUT2D eigenvalue weighted by Crippen LogP contribution is -2.20. The van der Waals surface area contributed by atoms with Crippen molar-refractivity contribution in [3.63, 3.8) is 0 Å². The van der Waals surface area contributed by atoms with Crippen molar-refractivity contribution in [2.45, 2.75) is 13.0 Å². The second kappa shape index (κ2) is 4.77. The molecule has 3 heteroatoms. The molecule has 0 aliphatic rings. The summed E-state index contributed by atoms with van der Waals surface area (Å²) in [6.45, 7) is 1.11. The van der Waals surface area contributed by atoms with Gasteiger partial charge in [0.2, 0.25) is 0 Å². The van der Waals surface area contributed by atoms with Crippen LogP contribution in [0.4, 0.5) is 0 Å². The number of rotatable bonds is 3. The molecule has 0 fully saturated rings. The van der Waals surface area contributed by atoms with Gasteiger partial charge in [-0.15, -0.1) is 0 Å². The highest BCUT2D eigenvalue weighted by Gasteiger charge is 2.23. The lowest BCUT2D eigenvalue weighted by Gasteiger charge is -2.16. The first-order valence-corrected chi connectivity index (χ1v) is 4.11. The molecule has 0 saturated heterocycles. The summed E-state index contributed by atoms with van der Waals surface area (Å²) in [7, 11) is -2.92. The zero-order valence-electron chi connectivity index (χ0n) is 11.7. The van der Waals surface area contributed by atoms with Gasteiger partial charge in [-0.1, -0.05) is 30.3 Å². The van der Waals surface area contributed by atoms with Gasteiger partial charge in [-0.2, -0.15) is 0 Å². The Kier molecular flexibility index (Phi) is 2.11. The van der Waals surface area contributed by atoms with Gasteiger partial charge in [0.25, 0.3) is 0 Å². The fraction of sp³-hybridized carbons (Fsp3) is 0.364. The van der Waals surface area contributed by atoms with Crippen LogP contribution in [-0.4, -0.2) is 18.1 Å². The number of hydrogen-bond donors (Lipinski definition) is 1. The minimum atomic E-state index is -2.92. The smallest absolute Gasteiger partial charge is 0.311 e. The molecule has 0 saturated carbocycles. The number of hydrogen-bond acceptors (Lipinski definition) is 3. The molecule has 0 unspecified atom stereocenters. The van der Waals surface area contributed by atoms with Crippen molar-refractivity contribution in [1.29, 1.82) is 0 Å². The predicted molar refractivity (Wildman–Crippen MR) is 52.6 cm³/mol. The first-order valence-electron chi connectivity index (χ1n) is 6.11.